The van der Waals surface area contributed by atoms with Crippen molar-refractivity contribution in [3.8, 4) is 0 Å². The first-order valence-electron chi connectivity index (χ1n) is 4.96. The quantitative estimate of drug-likeness (QED) is 0.855. The molecule has 96 valence electrons. The molecule has 0 atom stereocenters. The highest BCUT2D eigenvalue weighted by Crippen LogP contribution is 2.17. The Balaban J connectivity index is 2.29. The van der Waals surface area contributed by atoms with Gasteiger partial charge in [0.15, 0.2) is 5.82 Å². The van der Waals surface area contributed by atoms with E-state index in [4.69, 9.17) is 0 Å². The minimum absolute atomic E-state index is 0.0852. The highest BCUT2D eigenvalue weighted by molar-refractivity contribution is 7.89. The van der Waals surface area contributed by atoms with Crippen molar-refractivity contribution in [1.29, 1.82) is 0 Å². The highest BCUT2D eigenvalue weighted by atomic mass is 32.2. The standard InChI is InChI=1S/C10H10FN3O2S2/c1-14(5-8-6-17-7-13-8)18(15,16)10-9(11)3-2-4-12-10/h2-4,6-7H,5H2,1H3. The van der Waals surface area contributed by atoms with Crippen LogP contribution in [-0.2, 0) is 16.6 Å². The van der Waals surface area contributed by atoms with E-state index in [-0.39, 0.29) is 6.54 Å². The molecule has 0 saturated heterocycles. The molecule has 5 nitrogen and oxygen atoms in total. The molecule has 2 aromatic heterocycles. The lowest BCUT2D eigenvalue weighted by atomic mass is 10.5. The van der Waals surface area contributed by atoms with Crippen LogP contribution in [0.15, 0.2) is 34.2 Å². The molecule has 0 unspecified atom stereocenters. The van der Waals surface area contributed by atoms with Crippen LogP contribution in [0.1, 0.15) is 5.69 Å². The first-order valence-corrected chi connectivity index (χ1v) is 7.34. The zero-order valence-corrected chi connectivity index (χ0v) is 11.1. The van der Waals surface area contributed by atoms with Gasteiger partial charge in [-0.3, -0.25) is 0 Å². The van der Waals surface area contributed by atoms with Crippen molar-refractivity contribution in [2.45, 2.75) is 11.6 Å². The second-order valence-electron chi connectivity index (χ2n) is 3.53. The fourth-order valence-corrected chi connectivity index (χ4v) is 2.99. The molecule has 0 aliphatic rings. The lowest BCUT2D eigenvalue weighted by Gasteiger charge is -2.15. The van der Waals surface area contributed by atoms with Crippen molar-refractivity contribution in [2.24, 2.45) is 0 Å². The maximum Gasteiger partial charge on any atom is 0.263 e. The van der Waals surface area contributed by atoms with E-state index in [9.17, 15) is 12.8 Å². The SMILES string of the molecule is CN(Cc1cscn1)S(=O)(=O)c1ncccc1F. The number of aromatic nitrogens is 2. The Morgan fingerprint density at radius 3 is 2.83 bits per heavy atom. The number of nitrogens with zero attached hydrogens (tertiary/aromatic N) is 3. The Morgan fingerprint density at radius 1 is 1.44 bits per heavy atom. The zero-order chi connectivity index (χ0) is 13.2. The Labute approximate surface area is 108 Å². The molecule has 0 aliphatic carbocycles. The number of rotatable bonds is 4. The van der Waals surface area contributed by atoms with E-state index >= 15 is 0 Å². The van der Waals surface area contributed by atoms with E-state index in [0.717, 1.165) is 10.4 Å². The van der Waals surface area contributed by atoms with Gasteiger partial charge in [0.1, 0.15) is 0 Å². The molecule has 0 fully saturated rings. The lowest BCUT2D eigenvalue weighted by Crippen LogP contribution is -2.28. The molecule has 0 N–H and O–H groups in total. The van der Waals surface area contributed by atoms with Crippen molar-refractivity contribution in [1.82, 2.24) is 14.3 Å². The topological polar surface area (TPSA) is 63.2 Å². The molecular formula is C10H10FN3O2S2. The maximum absolute atomic E-state index is 13.4. The van der Waals surface area contributed by atoms with E-state index in [2.05, 4.69) is 9.97 Å². The number of hydrogen-bond acceptors (Lipinski definition) is 5. The number of halogens is 1. The number of pyridine rings is 1. The summed E-state index contributed by atoms with van der Waals surface area (Å²) in [6.07, 6.45) is 1.24. The lowest BCUT2D eigenvalue weighted by molar-refractivity contribution is 0.451. The van der Waals surface area contributed by atoms with E-state index in [0.29, 0.717) is 5.69 Å². The molecule has 0 bridgehead atoms. The van der Waals surface area contributed by atoms with Gasteiger partial charge in [-0.05, 0) is 12.1 Å². The first-order chi connectivity index (χ1) is 8.51. The van der Waals surface area contributed by atoms with Crippen LogP contribution in [-0.4, -0.2) is 29.7 Å². The third-order valence-electron chi connectivity index (χ3n) is 2.25. The van der Waals surface area contributed by atoms with Crippen molar-refractivity contribution in [3.05, 3.63) is 40.7 Å². The molecule has 0 radical (unpaired) electrons. The highest BCUT2D eigenvalue weighted by Gasteiger charge is 2.26. The summed E-state index contributed by atoms with van der Waals surface area (Å²) >= 11 is 1.37. The average Bonchev–Trinajstić information content (AvgIpc) is 2.82. The third kappa shape index (κ3) is 2.55. The summed E-state index contributed by atoms with van der Waals surface area (Å²) in [7, 11) is -2.57. The molecule has 0 saturated carbocycles. The number of sulfonamides is 1. The molecule has 2 rings (SSSR count). The number of hydrogen-bond donors (Lipinski definition) is 0. The molecule has 18 heavy (non-hydrogen) atoms. The van der Waals surface area contributed by atoms with Gasteiger partial charge in [-0.15, -0.1) is 11.3 Å². The van der Waals surface area contributed by atoms with Crippen LogP contribution in [0, 0.1) is 5.82 Å². The van der Waals surface area contributed by atoms with E-state index in [1.54, 1.807) is 10.9 Å². The molecule has 0 aromatic carbocycles. The largest absolute Gasteiger partial charge is 0.263 e. The molecule has 0 spiro atoms. The van der Waals surface area contributed by atoms with Gasteiger partial charge in [-0.1, -0.05) is 0 Å². The van der Waals surface area contributed by atoms with Crippen molar-refractivity contribution < 1.29 is 12.8 Å². The van der Waals surface area contributed by atoms with Gasteiger partial charge >= 0.3 is 0 Å². The average molecular weight is 287 g/mol. The molecule has 2 heterocycles. The summed E-state index contributed by atoms with van der Waals surface area (Å²) in [5, 5.41) is 1.17. The Bertz CT molecular complexity index is 628. The van der Waals surface area contributed by atoms with E-state index in [1.807, 2.05) is 0 Å². The second-order valence-corrected chi connectivity index (χ2v) is 6.21. The number of thiazole rings is 1. The fourth-order valence-electron chi connectivity index (χ4n) is 1.34. The predicted octanol–water partition coefficient (Wildman–Crippen LogP) is 1.50. The summed E-state index contributed by atoms with van der Waals surface area (Å²) in [5.74, 6) is -0.859. The monoisotopic (exact) mass is 287 g/mol. The van der Waals surface area contributed by atoms with Crippen molar-refractivity contribution >= 4 is 21.4 Å². The third-order valence-corrected chi connectivity index (χ3v) is 4.62. The fraction of sp³-hybridized carbons (Fsp3) is 0.200. The van der Waals surface area contributed by atoms with Gasteiger partial charge < -0.3 is 0 Å². The molecule has 0 amide bonds. The molecule has 0 aliphatic heterocycles. The molecular weight excluding hydrogens is 277 g/mol. The minimum Gasteiger partial charge on any atom is -0.248 e. The van der Waals surface area contributed by atoms with Crippen LogP contribution < -0.4 is 0 Å². The van der Waals surface area contributed by atoms with Crippen molar-refractivity contribution in [3.63, 3.8) is 0 Å². The smallest absolute Gasteiger partial charge is 0.248 e. The van der Waals surface area contributed by atoms with Crippen LogP contribution in [0.25, 0.3) is 0 Å². The van der Waals surface area contributed by atoms with Crippen LogP contribution in [0.3, 0.4) is 0 Å². The predicted molar refractivity (Wildman–Crippen MR) is 65.0 cm³/mol. The van der Waals surface area contributed by atoms with Crippen molar-refractivity contribution in [2.75, 3.05) is 7.05 Å². The van der Waals surface area contributed by atoms with Gasteiger partial charge in [-0.2, -0.15) is 4.31 Å². The van der Waals surface area contributed by atoms with Crippen LogP contribution >= 0.6 is 11.3 Å². The zero-order valence-electron chi connectivity index (χ0n) is 9.45. The Morgan fingerprint density at radius 2 is 2.22 bits per heavy atom. The van der Waals surface area contributed by atoms with Gasteiger partial charge in [0.05, 0.1) is 17.7 Å². The molecule has 8 heteroatoms. The van der Waals surface area contributed by atoms with Crippen LogP contribution in [0.2, 0.25) is 0 Å². The Kier molecular flexibility index (Phi) is 3.69. The van der Waals surface area contributed by atoms with Crippen LogP contribution in [0.5, 0.6) is 0 Å². The summed E-state index contributed by atoms with van der Waals surface area (Å²) < 4.78 is 38.6. The second kappa shape index (κ2) is 5.09. The van der Waals surface area contributed by atoms with E-state index < -0.39 is 20.9 Å². The van der Waals surface area contributed by atoms with Gasteiger partial charge in [-0.25, -0.2) is 22.8 Å². The summed E-state index contributed by atoms with van der Waals surface area (Å²) in [6.45, 7) is 0.0852. The van der Waals surface area contributed by atoms with Gasteiger partial charge in [0.25, 0.3) is 10.0 Å². The Hall–Kier alpha value is -1.38. The normalized spacial score (nSPS) is 11.9. The van der Waals surface area contributed by atoms with Gasteiger partial charge in [0, 0.05) is 18.6 Å². The maximum atomic E-state index is 13.4. The van der Waals surface area contributed by atoms with Gasteiger partial charge in [0.2, 0.25) is 5.03 Å². The minimum atomic E-state index is -3.93. The van der Waals surface area contributed by atoms with E-state index in [1.165, 1.54) is 30.6 Å². The summed E-state index contributed by atoms with van der Waals surface area (Å²) in [4.78, 5) is 7.56. The summed E-state index contributed by atoms with van der Waals surface area (Å²) in [5.41, 5.74) is 2.22. The summed E-state index contributed by atoms with van der Waals surface area (Å²) in [6, 6.07) is 2.41. The van der Waals surface area contributed by atoms with Crippen LogP contribution in [0.4, 0.5) is 4.39 Å². The molecule has 2 aromatic rings. The first kappa shape index (κ1) is 13.1.